The topological polar surface area (TPSA) is 61.1 Å². The molecule has 0 saturated carbocycles. The highest BCUT2D eigenvalue weighted by molar-refractivity contribution is 7.15. The van der Waals surface area contributed by atoms with Crippen LogP contribution in [0.1, 0.15) is 23.3 Å². The Balaban J connectivity index is 1.79. The third-order valence-electron chi connectivity index (χ3n) is 3.76. The van der Waals surface area contributed by atoms with Crippen LogP contribution in [-0.4, -0.2) is 58.6 Å². The van der Waals surface area contributed by atoms with Crippen molar-refractivity contribution in [3.8, 4) is 0 Å². The average molecular weight is 294 g/mol. The van der Waals surface area contributed by atoms with Gasteiger partial charge in [-0.25, -0.2) is 9.78 Å². The van der Waals surface area contributed by atoms with Crippen LogP contribution in [0, 0.1) is 0 Å². The molecule has 7 heteroatoms. The molecule has 0 spiro atoms. The van der Waals surface area contributed by atoms with E-state index in [1.54, 1.807) is 10.6 Å². The molecule has 0 atom stereocenters. The Kier molecular flexibility index (Phi) is 3.62. The van der Waals surface area contributed by atoms with Crippen LogP contribution < -0.4 is 4.90 Å². The summed E-state index contributed by atoms with van der Waals surface area (Å²) in [6, 6.07) is 0. The number of thiazole rings is 1. The van der Waals surface area contributed by atoms with E-state index in [2.05, 4.69) is 9.88 Å². The second kappa shape index (κ2) is 5.41. The van der Waals surface area contributed by atoms with Crippen molar-refractivity contribution in [1.29, 1.82) is 0 Å². The summed E-state index contributed by atoms with van der Waals surface area (Å²) >= 11 is 1.45. The van der Waals surface area contributed by atoms with Crippen molar-refractivity contribution < 1.29 is 9.90 Å². The predicted molar refractivity (Wildman–Crippen MR) is 79.0 cm³/mol. The van der Waals surface area contributed by atoms with Crippen molar-refractivity contribution >= 4 is 28.1 Å². The molecule has 1 saturated heterocycles. The number of likely N-dealkylation sites (N-methyl/N-ethyl adjacent to an activating group) is 1. The first-order valence-corrected chi connectivity index (χ1v) is 7.67. The SMILES string of the molecule is CN(CCN1CCCC1)c1nc2sccn2c1C(=O)O. The molecule has 108 valence electrons. The van der Waals surface area contributed by atoms with E-state index in [1.807, 2.05) is 17.3 Å². The third kappa shape index (κ3) is 2.38. The average Bonchev–Trinajstić information content (AvgIpc) is 3.10. The first kappa shape index (κ1) is 13.4. The molecule has 6 nitrogen and oxygen atoms in total. The van der Waals surface area contributed by atoms with E-state index in [9.17, 15) is 9.90 Å². The molecule has 1 aliphatic heterocycles. The summed E-state index contributed by atoms with van der Waals surface area (Å²) in [4.78, 5) is 21.0. The van der Waals surface area contributed by atoms with E-state index < -0.39 is 5.97 Å². The number of hydrogen-bond donors (Lipinski definition) is 1. The van der Waals surface area contributed by atoms with Gasteiger partial charge in [-0.1, -0.05) is 0 Å². The fourth-order valence-electron chi connectivity index (χ4n) is 2.64. The van der Waals surface area contributed by atoms with Crippen molar-refractivity contribution in [2.45, 2.75) is 12.8 Å². The quantitative estimate of drug-likeness (QED) is 0.908. The molecule has 1 aliphatic rings. The number of fused-ring (bicyclic) bond motifs is 1. The van der Waals surface area contributed by atoms with Crippen LogP contribution in [-0.2, 0) is 0 Å². The number of imidazole rings is 1. The number of aromatic carboxylic acids is 1. The molecule has 0 radical (unpaired) electrons. The lowest BCUT2D eigenvalue weighted by Crippen LogP contribution is -2.32. The molecule has 2 aromatic heterocycles. The molecule has 1 N–H and O–H groups in total. The van der Waals surface area contributed by atoms with Gasteiger partial charge < -0.3 is 14.9 Å². The van der Waals surface area contributed by atoms with Crippen LogP contribution in [0.5, 0.6) is 0 Å². The van der Waals surface area contributed by atoms with Crippen molar-refractivity contribution in [1.82, 2.24) is 14.3 Å². The zero-order chi connectivity index (χ0) is 14.1. The summed E-state index contributed by atoms with van der Waals surface area (Å²) in [5.41, 5.74) is 0.255. The summed E-state index contributed by atoms with van der Waals surface area (Å²) in [5.74, 6) is -0.373. The minimum absolute atomic E-state index is 0.255. The Bertz CT molecular complexity index is 615. The fourth-order valence-corrected chi connectivity index (χ4v) is 3.35. The largest absolute Gasteiger partial charge is 0.476 e. The summed E-state index contributed by atoms with van der Waals surface area (Å²) in [6.45, 7) is 4.06. The van der Waals surface area contributed by atoms with Gasteiger partial charge in [0.25, 0.3) is 0 Å². The summed E-state index contributed by atoms with van der Waals surface area (Å²) in [7, 11) is 1.91. The summed E-state index contributed by atoms with van der Waals surface area (Å²) in [6.07, 6.45) is 4.29. The van der Waals surface area contributed by atoms with Crippen LogP contribution in [0.3, 0.4) is 0 Å². The normalized spacial score (nSPS) is 16.1. The summed E-state index contributed by atoms with van der Waals surface area (Å²) in [5, 5.41) is 11.3. The smallest absolute Gasteiger partial charge is 0.356 e. The predicted octanol–water partition coefficient (Wildman–Crippen LogP) is 1.63. The maximum atomic E-state index is 11.5. The van der Waals surface area contributed by atoms with Gasteiger partial charge in [-0.2, -0.15) is 0 Å². The van der Waals surface area contributed by atoms with Gasteiger partial charge in [0.15, 0.2) is 16.5 Å². The van der Waals surface area contributed by atoms with Gasteiger partial charge in [-0.15, -0.1) is 11.3 Å². The number of anilines is 1. The van der Waals surface area contributed by atoms with E-state index >= 15 is 0 Å². The Labute approximate surface area is 121 Å². The van der Waals surface area contributed by atoms with E-state index in [1.165, 1.54) is 24.2 Å². The van der Waals surface area contributed by atoms with Crippen molar-refractivity contribution in [2.24, 2.45) is 0 Å². The highest BCUT2D eigenvalue weighted by atomic mass is 32.1. The van der Waals surface area contributed by atoms with Crippen molar-refractivity contribution in [3.63, 3.8) is 0 Å². The molecular weight excluding hydrogens is 276 g/mol. The van der Waals surface area contributed by atoms with Gasteiger partial charge in [0.2, 0.25) is 0 Å². The number of carboxylic acid groups (broad SMARTS) is 1. The lowest BCUT2D eigenvalue weighted by molar-refractivity contribution is 0.0690. The lowest BCUT2D eigenvalue weighted by Gasteiger charge is -2.21. The third-order valence-corrected chi connectivity index (χ3v) is 4.51. The summed E-state index contributed by atoms with van der Waals surface area (Å²) < 4.78 is 1.65. The number of likely N-dealkylation sites (tertiary alicyclic amines) is 1. The molecule has 0 amide bonds. The fraction of sp³-hybridized carbons (Fsp3) is 0.538. The van der Waals surface area contributed by atoms with E-state index in [4.69, 9.17) is 0 Å². The molecule has 0 bridgehead atoms. The number of carbonyl (C=O) groups is 1. The molecular formula is C13H18N4O2S. The van der Waals surface area contributed by atoms with Gasteiger partial charge in [0.05, 0.1) is 0 Å². The molecule has 0 unspecified atom stereocenters. The van der Waals surface area contributed by atoms with Crippen LogP contribution in [0.15, 0.2) is 11.6 Å². The monoisotopic (exact) mass is 294 g/mol. The highest BCUT2D eigenvalue weighted by Crippen LogP contribution is 2.24. The molecule has 1 fully saturated rings. The van der Waals surface area contributed by atoms with Crippen LogP contribution >= 0.6 is 11.3 Å². The zero-order valence-electron chi connectivity index (χ0n) is 11.4. The minimum atomic E-state index is -0.932. The number of hydrogen-bond acceptors (Lipinski definition) is 5. The highest BCUT2D eigenvalue weighted by Gasteiger charge is 2.22. The Morgan fingerprint density at radius 2 is 2.25 bits per heavy atom. The second-order valence-electron chi connectivity index (χ2n) is 5.12. The van der Waals surface area contributed by atoms with Gasteiger partial charge in [-0.05, 0) is 25.9 Å². The van der Waals surface area contributed by atoms with E-state index in [-0.39, 0.29) is 5.69 Å². The maximum absolute atomic E-state index is 11.5. The van der Waals surface area contributed by atoms with Gasteiger partial charge in [0, 0.05) is 31.7 Å². The minimum Gasteiger partial charge on any atom is -0.476 e. The Morgan fingerprint density at radius 1 is 1.50 bits per heavy atom. The molecule has 20 heavy (non-hydrogen) atoms. The Hall–Kier alpha value is -1.60. The maximum Gasteiger partial charge on any atom is 0.356 e. The first-order valence-electron chi connectivity index (χ1n) is 6.79. The molecule has 0 aliphatic carbocycles. The first-order chi connectivity index (χ1) is 9.66. The van der Waals surface area contributed by atoms with Crippen molar-refractivity contribution in [3.05, 3.63) is 17.3 Å². The van der Waals surface area contributed by atoms with Crippen LogP contribution in [0.2, 0.25) is 0 Å². The molecule has 2 aromatic rings. The van der Waals surface area contributed by atoms with E-state index in [0.29, 0.717) is 5.82 Å². The van der Waals surface area contributed by atoms with Crippen molar-refractivity contribution in [2.75, 3.05) is 38.1 Å². The zero-order valence-corrected chi connectivity index (χ0v) is 12.3. The van der Waals surface area contributed by atoms with Gasteiger partial charge in [-0.3, -0.25) is 4.40 Å². The number of carboxylic acids is 1. The standard InChI is InChI=1S/C13H18N4O2S/c1-15(6-7-16-4-2-3-5-16)11-10(12(18)19)17-8-9-20-13(17)14-11/h8-9H,2-7H2,1H3,(H,18,19). The lowest BCUT2D eigenvalue weighted by atomic mass is 10.4. The Morgan fingerprint density at radius 3 is 2.95 bits per heavy atom. The van der Waals surface area contributed by atoms with Crippen LogP contribution in [0.25, 0.3) is 4.96 Å². The number of nitrogens with zero attached hydrogens (tertiary/aromatic N) is 4. The second-order valence-corrected chi connectivity index (χ2v) is 5.99. The molecule has 3 heterocycles. The van der Waals surface area contributed by atoms with E-state index in [0.717, 1.165) is 31.1 Å². The number of rotatable bonds is 5. The number of aromatic nitrogens is 2. The van der Waals surface area contributed by atoms with Gasteiger partial charge >= 0.3 is 5.97 Å². The molecule has 0 aromatic carbocycles. The van der Waals surface area contributed by atoms with Crippen LogP contribution in [0.4, 0.5) is 5.82 Å². The van der Waals surface area contributed by atoms with Gasteiger partial charge in [0.1, 0.15) is 0 Å². The molecule has 3 rings (SSSR count).